The molecule has 0 aromatic carbocycles. The van der Waals surface area contributed by atoms with Crippen LogP contribution in [0.4, 0.5) is 0 Å². The number of ether oxygens (including phenoxy) is 1. The Hall–Kier alpha value is -0.600. The maximum Gasteiger partial charge on any atom is 0.0977 e. The van der Waals surface area contributed by atoms with Crippen LogP contribution in [0.5, 0.6) is 0 Å². The summed E-state index contributed by atoms with van der Waals surface area (Å²) in [6.07, 6.45) is 2.32. The van der Waals surface area contributed by atoms with Crippen LogP contribution in [0.2, 0.25) is 0 Å². The number of hydrogen-bond acceptors (Lipinski definition) is 2. The van der Waals surface area contributed by atoms with Gasteiger partial charge in [0, 0.05) is 0 Å². The van der Waals surface area contributed by atoms with Crippen LogP contribution >= 0.6 is 0 Å². The van der Waals surface area contributed by atoms with Crippen LogP contribution in [0.1, 0.15) is 6.92 Å². The van der Waals surface area contributed by atoms with Gasteiger partial charge >= 0.3 is 0 Å². The highest BCUT2D eigenvalue weighted by Crippen LogP contribution is 1.98. The van der Waals surface area contributed by atoms with E-state index >= 15 is 0 Å². The molecule has 0 aromatic rings. The van der Waals surface area contributed by atoms with Gasteiger partial charge in [0.05, 0.1) is 18.8 Å². The van der Waals surface area contributed by atoms with Gasteiger partial charge in [-0.2, -0.15) is 0 Å². The molecule has 0 radical (unpaired) electrons. The third kappa shape index (κ3) is 3.43. The fourth-order valence-corrected chi connectivity index (χ4v) is 0.510. The number of aliphatic hydroxyl groups excluding tert-OH is 1. The molecule has 2 atom stereocenters. The Morgan fingerprint density at radius 2 is 2.20 bits per heavy atom. The van der Waals surface area contributed by atoms with Crippen molar-refractivity contribution in [1.82, 2.24) is 0 Å². The van der Waals surface area contributed by atoms with Crippen molar-refractivity contribution >= 4 is 0 Å². The Kier molecular flexibility index (Phi) is 4.89. The second kappa shape index (κ2) is 5.21. The molecule has 2 heteroatoms. The van der Waals surface area contributed by atoms with Gasteiger partial charge in [-0.1, -0.05) is 12.2 Å². The highest BCUT2D eigenvalue weighted by Gasteiger charge is 2.08. The van der Waals surface area contributed by atoms with E-state index in [0.29, 0.717) is 6.61 Å². The van der Waals surface area contributed by atoms with Crippen LogP contribution in [-0.2, 0) is 4.74 Å². The van der Waals surface area contributed by atoms with Gasteiger partial charge in [-0.25, -0.2) is 0 Å². The zero-order valence-corrected chi connectivity index (χ0v) is 6.29. The van der Waals surface area contributed by atoms with Gasteiger partial charge in [-0.3, -0.25) is 0 Å². The van der Waals surface area contributed by atoms with E-state index in [4.69, 9.17) is 9.84 Å². The molecular formula is C8H14O2. The summed E-state index contributed by atoms with van der Waals surface area (Å²) in [6.45, 7) is 9.17. The Morgan fingerprint density at radius 1 is 1.60 bits per heavy atom. The van der Waals surface area contributed by atoms with E-state index in [0.717, 1.165) is 0 Å². The molecule has 0 aromatic heterocycles. The van der Waals surface area contributed by atoms with Crippen LogP contribution in [0.15, 0.2) is 25.3 Å². The SMILES string of the molecule is C=CCOC(C)C(O)C=C. The fraction of sp³-hybridized carbons (Fsp3) is 0.500. The van der Waals surface area contributed by atoms with Crippen molar-refractivity contribution < 1.29 is 9.84 Å². The molecule has 10 heavy (non-hydrogen) atoms. The molecule has 0 heterocycles. The lowest BCUT2D eigenvalue weighted by atomic mass is 10.2. The average Bonchev–Trinajstić information content (AvgIpc) is 1.98. The van der Waals surface area contributed by atoms with Gasteiger partial charge in [-0.05, 0) is 6.92 Å². The summed E-state index contributed by atoms with van der Waals surface area (Å²) in [6, 6.07) is 0. The van der Waals surface area contributed by atoms with Crippen molar-refractivity contribution in [3.63, 3.8) is 0 Å². The first-order valence-corrected chi connectivity index (χ1v) is 3.25. The van der Waals surface area contributed by atoms with Crippen LogP contribution in [0.25, 0.3) is 0 Å². The molecule has 0 spiro atoms. The number of aliphatic hydroxyl groups is 1. The molecule has 0 rings (SSSR count). The minimum atomic E-state index is -0.583. The second-order valence-corrected chi connectivity index (χ2v) is 2.05. The topological polar surface area (TPSA) is 29.5 Å². The summed E-state index contributed by atoms with van der Waals surface area (Å²) in [4.78, 5) is 0. The lowest BCUT2D eigenvalue weighted by Gasteiger charge is -2.14. The van der Waals surface area contributed by atoms with Crippen molar-refractivity contribution in [2.24, 2.45) is 0 Å². The highest BCUT2D eigenvalue weighted by molar-refractivity contribution is 4.83. The van der Waals surface area contributed by atoms with E-state index < -0.39 is 6.10 Å². The van der Waals surface area contributed by atoms with Crippen LogP contribution < -0.4 is 0 Å². The summed E-state index contributed by atoms with van der Waals surface area (Å²) in [5, 5.41) is 9.08. The maximum absolute atomic E-state index is 9.08. The summed E-state index contributed by atoms with van der Waals surface area (Å²) in [5.74, 6) is 0. The zero-order valence-electron chi connectivity index (χ0n) is 6.29. The Labute approximate surface area is 61.8 Å². The molecule has 0 fully saturated rings. The molecule has 0 saturated carbocycles. The third-order valence-corrected chi connectivity index (χ3v) is 1.20. The molecule has 0 amide bonds. The minimum Gasteiger partial charge on any atom is -0.386 e. The molecule has 0 aliphatic heterocycles. The van der Waals surface area contributed by atoms with E-state index in [1.54, 1.807) is 13.0 Å². The minimum absolute atomic E-state index is 0.199. The van der Waals surface area contributed by atoms with Gasteiger partial charge in [0.1, 0.15) is 0 Å². The molecular weight excluding hydrogens is 128 g/mol. The maximum atomic E-state index is 9.08. The standard InChI is InChI=1S/C8H14O2/c1-4-6-10-7(3)8(9)5-2/h4-5,7-9H,1-2,6H2,3H3. The second-order valence-electron chi connectivity index (χ2n) is 2.05. The van der Waals surface area contributed by atoms with E-state index in [2.05, 4.69) is 13.2 Å². The van der Waals surface area contributed by atoms with Crippen molar-refractivity contribution in [2.75, 3.05) is 6.61 Å². The Balaban J connectivity index is 3.49. The largest absolute Gasteiger partial charge is 0.386 e. The number of hydrogen-bond donors (Lipinski definition) is 1. The average molecular weight is 142 g/mol. The summed E-state index contributed by atoms with van der Waals surface area (Å²) >= 11 is 0. The van der Waals surface area contributed by atoms with Crippen molar-refractivity contribution in [1.29, 1.82) is 0 Å². The van der Waals surface area contributed by atoms with Gasteiger partial charge in [0.15, 0.2) is 0 Å². The third-order valence-electron chi connectivity index (χ3n) is 1.20. The first-order chi connectivity index (χ1) is 4.72. The Morgan fingerprint density at radius 3 is 2.60 bits per heavy atom. The lowest BCUT2D eigenvalue weighted by molar-refractivity contribution is 0.00742. The van der Waals surface area contributed by atoms with Gasteiger partial charge < -0.3 is 9.84 Å². The molecule has 0 saturated heterocycles. The van der Waals surface area contributed by atoms with Crippen molar-refractivity contribution in [3.05, 3.63) is 25.3 Å². The Bertz CT molecular complexity index is 110. The lowest BCUT2D eigenvalue weighted by Crippen LogP contribution is -2.23. The van der Waals surface area contributed by atoms with Gasteiger partial charge in [0.25, 0.3) is 0 Å². The smallest absolute Gasteiger partial charge is 0.0977 e. The van der Waals surface area contributed by atoms with Crippen LogP contribution in [0, 0.1) is 0 Å². The molecule has 0 bridgehead atoms. The fourth-order valence-electron chi connectivity index (χ4n) is 0.510. The predicted molar refractivity (Wildman–Crippen MR) is 41.8 cm³/mol. The molecule has 2 unspecified atom stereocenters. The molecule has 1 N–H and O–H groups in total. The molecule has 58 valence electrons. The van der Waals surface area contributed by atoms with E-state index in [1.807, 2.05) is 0 Å². The predicted octanol–water partition coefficient (Wildman–Crippen LogP) is 1.12. The number of rotatable bonds is 5. The van der Waals surface area contributed by atoms with Gasteiger partial charge in [0.2, 0.25) is 0 Å². The van der Waals surface area contributed by atoms with Crippen LogP contribution in [-0.4, -0.2) is 23.9 Å². The molecule has 0 aliphatic carbocycles. The molecule has 0 aliphatic rings. The zero-order chi connectivity index (χ0) is 7.98. The van der Waals surface area contributed by atoms with E-state index in [1.165, 1.54) is 6.08 Å². The van der Waals surface area contributed by atoms with E-state index in [9.17, 15) is 0 Å². The monoisotopic (exact) mass is 142 g/mol. The van der Waals surface area contributed by atoms with Gasteiger partial charge in [-0.15, -0.1) is 13.2 Å². The first-order valence-electron chi connectivity index (χ1n) is 3.25. The quantitative estimate of drug-likeness (QED) is 0.583. The first kappa shape index (κ1) is 9.40. The summed E-state index contributed by atoms with van der Waals surface area (Å²) < 4.78 is 5.10. The molecule has 2 nitrogen and oxygen atoms in total. The van der Waals surface area contributed by atoms with Crippen molar-refractivity contribution in [3.8, 4) is 0 Å². The highest BCUT2D eigenvalue weighted by atomic mass is 16.5. The summed E-state index contributed by atoms with van der Waals surface area (Å²) in [7, 11) is 0. The normalized spacial score (nSPS) is 15.8. The van der Waals surface area contributed by atoms with Crippen molar-refractivity contribution in [2.45, 2.75) is 19.1 Å². The van der Waals surface area contributed by atoms with E-state index in [-0.39, 0.29) is 6.10 Å². The summed E-state index contributed by atoms with van der Waals surface area (Å²) in [5.41, 5.74) is 0. The van der Waals surface area contributed by atoms with Crippen LogP contribution in [0.3, 0.4) is 0 Å².